The molecule has 1 heterocycles. The highest BCUT2D eigenvalue weighted by molar-refractivity contribution is 8.13. The molecule has 1 fully saturated rings. The summed E-state index contributed by atoms with van der Waals surface area (Å²) in [5, 5.41) is 19.3. The third-order valence-electron chi connectivity index (χ3n) is 6.88. The zero-order valence-electron chi connectivity index (χ0n) is 20.0. The van der Waals surface area contributed by atoms with Crippen LogP contribution in [0.5, 0.6) is 0 Å². The summed E-state index contributed by atoms with van der Waals surface area (Å²) in [6.07, 6.45) is -0.380. The Labute approximate surface area is 220 Å². The third kappa shape index (κ3) is 5.62. The van der Waals surface area contributed by atoms with Crippen LogP contribution >= 0.6 is 10.7 Å². The van der Waals surface area contributed by atoms with Crippen LogP contribution in [0, 0.1) is 0 Å². The number of anilines is 1. The van der Waals surface area contributed by atoms with Crippen molar-refractivity contribution in [2.24, 2.45) is 0 Å². The second kappa shape index (κ2) is 10.4. The molecule has 1 aliphatic heterocycles. The molecule has 3 aromatic rings. The molecule has 0 saturated carbocycles. The highest BCUT2D eigenvalue weighted by atomic mass is 35.7. The van der Waals surface area contributed by atoms with E-state index in [2.05, 4.69) is 24.3 Å². The van der Waals surface area contributed by atoms with Gasteiger partial charge in [-0.2, -0.15) is 0 Å². The molecule has 0 unspecified atom stereocenters. The number of carbonyl (C=O) groups is 1. The summed E-state index contributed by atoms with van der Waals surface area (Å²) in [4.78, 5) is 16.5. The van der Waals surface area contributed by atoms with Crippen molar-refractivity contribution in [3.8, 4) is 11.1 Å². The molecule has 5 rings (SSSR count). The Morgan fingerprint density at radius 1 is 0.946 bits per heavy atom. The minimum atomic E-state index is -3.82. The molecule has 0 atom stereocenters. The molecule has 8 nitrogen and oxygen atoms in total. The number of hydrogen-bond acceptors (Lipinski definition) is 7. The Bertz CT molecular complexity index is 1380. The molecule has 0 aromatic heterocycles. The Morgan fingerprint density at radius 2 is 1.54 bits per heavy atom. The molecule has 37 heavy (non-hydrogen) atoms. The Kier molecular flexibility index (Phi) is 7.18. The summed E-state index contributed by atoms with van der Waals surface area (Å²) in [6, 6.07) is 21.0. The third-order valence-corrected chi connectivity index (χ3v) is 7.88. The highest BCUT2D eigenvalue weighted by Gasteiger charge is 2.30. The number of benzene rings is 3. The van der Waals surface area contributed by atoms with Crippen molar-refractivity contribution in [2.75, 3.05) is 37.7 Å². The molecule has 192 valence electrons. The van der Waals surface area contributed by atoms with E-state index in [1.807, 2.05) is 29.2 Å². The average Bonchev–Trinajstić information content (AvgIpc) is 3.20. The highest BCUT2D eigenvalue weighted by Crippen LogP contribution is 2.44. The lowest BCUT2D eigenvalue weighted by molar-refractivity contribution is 0.0977. The number of carbonyl (C=O) groups excluding carboxylic acids is 1. The molecular weight excluding hydrogens is 515 g/mol. The molecule has 1 saturated heterocycles. The van der Waals surface area contributed by atoms with Crippen molar-refractivity contribution in [1.29, 1.82) is 0 Å². The van der Waals surface area contributed by atoms with E-state index in [1.165, 1.54) is 17.2 Å². The van der Waals surface area contributed by atoms with E-state index in [-0.39, 0.29) is 24.1 Å². The van der Waals surface area contributed by atoms with Crippen molar-refractivity contribution in [3.05, 3.63) is 83.4 Å². The second-order valence-corrected chi connectivity index (χ2v) is 12.0. The zero-order valence-corrected chi connectivity index (χ0v) is 21.5. The first-order valence-corrected chi connectivity index (χ1v) is 14.4. The van der Waals surface area contributed by atoms with Crippen molar-refractivity contribution in [2.45, 2.75) is 11.7 Å². The molecule has 0 bridgehead atoms. The van der Waals surface area contributed by atoms with Gasteiger partial charge in [-0.3, -0.25) is 0 Å². The first-order chi connectivity index (χ1) is 17.7. The van der Waals surface area contributed by atoms with Gasteiger partial charge in [0, 0.05) is 48.5 Å². The number of hydrogen-bond donors (Lipinski definition) is 2. The lowest BCUT2D eigenvalue weighted by atomic mass is 9.79. The van der Waals surface area contributed by atoms with E-state index in [0.29, 0.717) is 37.4 Å². The molecule has 0 spiro atoms. The Balaban J connectivity index is 1.23. The van der Waals surface area contributed by atoms with Crippen LogP contribution in [0.4, 0.5) is 10.5 Å². The van der Waals surface area contributed by atoms with Crippen molar-refractivity contribution < 1.29 is 28.0 Å². The largest absolute Gasteiger partial charge is 0.488 e. The molecule has 3 aromatic carbocycles. The predicted molar refractivity (Wildman–Crippen MR) is 144 cm³/mol. The van der Waals surface area contributed by atoms with E-state index in [4.69, 9.17) is 15.4 Å². The van der Waals surface area contributed by atoms with E-state index in [1.54, 1.807) is 17.0 Å². The number of halogens is 1. The van der Waals surface area contributed by atoms with E-state index >= 15 is 0 Å². The van der Waals surface area contributed by atoms with E-state index < -0.39 is 21.9 Å². The Hall–Kier alpha value is -3.05. The molecule has 1 amide bonds. The van der Waals surface area contributed by atoms with Crippen LogP contribution < -0.4 is 10.4 Å². The van der Waals surface area contributed by atoms with Crippen LogP contribution in [0.3, 0.4) is 0 Å². The van der Waals surface area contributed by atoms with Gasteiger partial charge < -0.3 is 24.6 Å². The lowest BCUT2D eigenvalue weighted by Gasteiger charge is -2.36. The average molecular weight is 541 g/mol. The quantitative estimate of drug-likeness (QED) is 0.365. The monoisotopic (exact) mass is 540 g/mol. The smallest absolute Gasteiger partial charge is 0.448 e. The lowest BCUT2D eigenvalue weighted by Crippen LogP contribution is -2.49. The maximum Gasteiger partial charge on any atom is 0.488 e. The molecule has 2 aliphatic rings. The fourth-order valence-electron chi connectivity index (χ4n) is 5.15. The van der Waals surface area contributed by atoms with Gasteiger partial charge >= 0.3 is 13.2 Å². The standard InChI is InChI=1S/C26H26BClN2O6S/c28-37(34,35)17-18-13-19(27(32)33)15-20(14-18)29-9-11-30(12-10-29)26(31)36-16-25-23-7-3-1-5-21(23)22-6-2-4-8-24(22)25/h1-8,13-15,25,32-33H,9-12,16-17H2. The van der Waals surface area contributed by atoms with Gasteiger partial charge in [-0.05, 0) is 45.4 Å². The topological polar surface area (TPSA) is 107 Å². The zero-order chi connectivity index (χ0) is 26.2. The minimum Gasteiger partial charge on any atom is -0.448 e. The van der Waals surface area contributed by atoms with Crippen molar-refractivity contribution >= 4 is 44.1 Å². The maximum absolute atomic E-state index is 12.9. The minimum absolute atomic E-state index is 0.0121. The van der Waals surface area contributed by atoms with Gasteiger partial charge in [-0.1, -0.05) is 54.6 Å². The van der Waals surface area contributed by atoms with E-state index in [0.717, 1.165) is 11.1 Å². The molecule has 2 N–H and O–H groups in total. The Morgan fingerprint density at radius 3 is 2.11 bits per heavy atom. The summed E-state index contributed by atoms with van der Waals surface area (Å²) in [5.41, 5.74) is 5.81. The molecule has 11 heteroatoms. The first-order valence-electron chi connectivity index (χ1n) is 12.0. The van der Waals surface area contributed by atoms with Crippen molar-refractivity contribution in [3.63, 3.8) is 0 Å². The van der Waals surface area contributed by atoms with Gasteiger partial charge in [0.15, 0.2) is 0 Å². The van der Waals surface area contributed by atoms with Crippen LogP contribution in [0.1, 0.15) is 22.6 Å². The number of rotatable bonds is 6. The first kappa shape index (κ1) is 25.6. The fraction of sp³-hybridized carbons (Fsp3) is 0.269. The molecule has 0 radical (unpaired) electrons. The number of nitrogens with zero attached hydrogens (tertiary/aromatic N) is 2. The number of fused-ring (bicyclic) bond motifs is 3. The maximum atomic E-state index is 12.9. The summed E-state index contributed by atoms with van der Waals surface area (Å²) in [6.45, 7) is 2.02. The fourth-order valence-corrected chi connectivity index (χ4v) is 6.09. The van der Waals surface area contributed by atoms with Gasteiger partial charge in [-0.15, -0.1) is 0 Å². The number of amides is 1. The predicted octanol–water partition coefficient (Wildman–Crippen LogP) is 2.51. The van der Waals surface area contributed by atoms with E-state index in [9.17, 15) is 23.3 Å². The summed E-state index contributed by atoms with van der Waals surface area (Å²) in [5.74, 6) is -0.441. The van der Waals surface area contributed by atoms with Crippen LogP contribution in [0.2, 0.25) is 0 Å². The summed E-state index contributed by atoms with van der Waals surface area (Å²) in [7, 11) is -0.168. The van der Waals surface area contributed by atoms with Gasteiger partial charge in [0.1, 0.15) is 6.61 Å². The molecular formula is C26H26BClN2O6S. The van der Waals surface area contributed by atoms with Crippen molar-refractivity contribution in [1.82, 2.24) is 4.90 Å². The number of ether oxygens (including phenoxy) is 1. The second-order valence-electron chi connectivity index (χ2n) is 9.27. The SMILES string of the molecule is O=C(OCC1c2ccccc2-c2ccccc21)N1CCN(c2cc(CS(=O)(=O)Cl)cc(B(O)O)c2)CC1. The normalized spacial score (nSPS) is 15.3. The van der Waals surface area contributed by atoms with Gasteiger partial charge in [-0.25, -0.2) is 13.2 Å². The van der Waals surface area contributed by atoms with Gasteiger partial charge in [0.2, 0.25) is 9.05 Å². The van der Waals surface area contributed by atoms with Crippen LogP contribution in [0.15, 0.2) is 66.7 Å². The van der Waals surface area contributed by atoms with Gasteiger partial charge in [0.05, 0.1) is 5.75 Å². The van der Waals surface area contributed by atoms with Crippen LogP contribution in [-0.4, -0.2) is 69.4 Å². The van der Waals surface area contributed by atoms with Gasteiger partial charge in [0.25, 0.3) is 0 Å². The molecule has 1 aliphatic carbocycles. The number of piperazine rings is 1. The summed E-state index contributed by atoms with van der Waals surface area (Å²) < 4.78 is 28.9. The van der Waals surface area contributed by atoms with Crippen LogP contribution in [-0.2, 0) is 19.5 Å². The summed E-state index contributed by atoms with van der Waals surface area (Å²) >= 11 is 0. The van der Waals surface area contributed by atoms with Crippen LogP contribution in [0.25, 0.3) is 11.1 Å².